The number of nitrogens with zero attached hydrogens (tertiary/aromatic N) is 3. The van der Waals surface area contributed by atoms with Gasteiger partial charge in [0.05, 0.1) is 6.61 Å². The van der Waals surface area contributed by atoms with Crippen molar-refractivity contribution >= 4 is 34.9 Å². The van der Waals surface area contributed by atoms with E-state index in [-0.39, 0.29) is 0 Å². The highest BCUT2D eigenvalue weighted by atomic mass is 32.2. The minimum atomic E-state index is -0.424. The molecule has 0 radical (unpaired) electrons. The van der Waals surface area contributed by atoms with E-state index in [2.05, 4.69) is 32.3 Å². The summed E-state index contributed by atoms with van der Waals surface area (Å²) in [6.45, 7) is 4.32. The highest BCUT2D eigenvalue weighted by Gasteiger charge is 2.16. The Labute approximate surface area is 158 Å². The fourth-order valence-corrected chi connectivity index (χ4v) is 3.30. The van der Waals surface area contributed by atoms with E-state index in [1.807, 2.05) is 18.4 Å². The molecule has 1 aromatic carbocycles. The Balaban J connectivity index is 1.79. The van der Waals surface area contributed by atoms with Gasteiger partial charge in [-0.05, 0) is 56.7 Å². The van der Waals surface area contributed by atoms with Gasteiger partial charge in [-0.25, -0.2) is 14.8 Å². The Morgan fingerprint density at radius 1 is 1.23 bits per heavy atom. The van der Waals surface area contributed by atoms with Crippen LogP contribution in [0.3, 0.4) is 0 Å². The SMILES string of the molecule is CCOC(=O)c1cnc(SC)nc1Nc1ccc(N2CCCCC2)cc1. The van der Waals surface area contributed by atoms with Crippen molar-refractivity contribution in [3.63, 3.8) is 0 Å². The van der Waals surface area contributed by atoms with Gasteiger partial charge in [-0.2, -0.15) is 0 Å². The summed E-state index contributed by atoms with van der Waals surface area (Å²) in [6, 6.07) is 8.24. The van der Waals surface area contributed by atoms with Gasteiger partial charge in [-0.15, -0.1) is 0 Å². The van der Waals surface area contributed by atoms with Crippen molar-refractivity contribution in [3.05, 3.63) is 36.0 Å². The molecule has 1 aromatic heterocycles. The summed E-state index contributed by atoms with van der Waals surface area (Å²) >= 11 is 1.43. The molecule has 1 aliphatic heterocycles. The molecule has 2 heterocycles. The molecule has 26 heavy (non-hydrogen) atoms. The van der Waals surface area contributed by atoms with Gasteiger partial charge >= 0.3 is 5.97 Å². The first-order chi connectivity index (χ1) is 12.7. The number of benzene rings is 1. The molecule has 1 N–H and O–H groups in total. The highest BCUT2D eigenvalue weighted by molar-refractivity contribution is 7.98. The molecule has 3 rings (SSSR count). The number of carbonyl (C=O) groups is 1. The second-order valence-corrected chi connectivity index (χ2v) is 6.83. The number of ether oxygens (including phenoxy) is 1. The zero-order valence-corrected chi connectivity index (χ0v) is 16.0. The molecule has 7 heteroatoms. The van der Waals surface area contributed by atoms with E-state index in [4.69, 9.17) is 4.74 Å². The standard InChI is InChI=1S/C19H24N4O2S/c1-3-25-18(24)16-13-20-19(26-2)22-17(16)21-14-7-9-15(10-8-14)23-11-5-4-6-12-23/h7-10,13H,3-6,11-12H2,1-2H3,(H,20,21,22). The van der Waals surface area contributed by atoms with Crippen molar-refractivity contribution in [1.82, 2.24) is 9.97 Å². The van der Waals surface area contributed by atoms with E-state index in [1.54, 1.807) is 6.92 Å². The Kier molecular flexibility index (Phi) is 6.33. The normalized spacial score (nSPS) is 14.2. The fourth-order valence-electron chi connectivity index (χ4n) is 2.96. The molecule has 6 nitrogen and oxygen atoms in total. The van der Waals surface area contributed by atoms with Crippen LogP contribution in [0, 0.1) is 0 Å². The second-order valence-electron chi connectivity index (χ2n) is 6.06. The monoisotopic (exact) mass is 372 g/mol. The minimum Gasteiger partial charge on any atom is -0.462 e. The largest absolute Gasteiger partial charge is 0.462 e. The van der Waals surface area contributed by atoms with Crippen LogP contribution in [0.5, 0.6) is 0 Å². The van der Waals surface area contributed by atoms with Crippen molar-refractivity contribution in [1.29, 1.82) is 0 Å². The van der Waals surface area contributed by atoms with E-state index in [1.165, 1.54) is 42.9 Å². The predicted octanol–water partition coefficient (Wildman–Crippen LogP) is 4.11. The second kappa shape index (κ2) is 8.89. The molecule has 0 bridgehead atoms. The number of aromatic nitrogens is 2. The zero-order valence-electron chi connectivity index (χ0n) is 15.2. The molecule has 1 fully saturated rings. The van der Waals surface area contributed by atoms with Crippen LogP contribution in [0.1, 0.15) is 36.5 Å². The summed E-state index contributed by atoms with van der Waals surface area (Å²) in [5.74, 6) is 0.0427. The van der Waals surface area contributed by atoms with Crippen LogP contribution in [-0.2, 0) is 4.74 Å². The summed E-state index contributed by atoms with van der Waals surface area (Å²) in [5, 5.41) is 3.84. The van der Waals surface area contributed by atoms with Crippen LogP contribution in [0.15, 0.2) is 35.6 Å². The summed E-state index contributed by atoms with van der Waals surface area (Å²) in [5.41, 5.74) is 2.44. The van der Waals surface area contributed by atoms with Crippen LogP contribution in [0.2, 0.25) is 0 Å². The predicted molar refractivity (Wildman–Crippen MR) is 106 cm³/mol. The van der Waals surface area contributed by atoms with E-state index >= 15 is 0 Å². The first-order valence-corrected chi connectivity index (χ1v) is 10.1. The number of nitrogens with one attached hydrogen (secondary N) is 1. The smallest absolute Gasteiger partial charge is 0.343 e. The average molecular weight is 372 g/mol. The Morgan fingerprint density at radius 2 is 1.96 bits per heavy atom. The topological polar surface area (TPSA) is 67.3 Å². The lowest BCUT2D eigenvalue weighted by molar-refractivity contribution is 0.0526. The maximum absolute atomic E-state index is 12.2. The number of anilines is 3. The number of piperidine rings is 1. The molecule has 138 valence electrons. The summed E-state index contributed by atoms with van der Waals surface area (Å²) < 4.78 is 5.11. The third kappa shape index (κ3) is 4.46. The summed E-state index contributed by atoms with van der Waals surface area (Å²) in [7, 11) is 0. The minimum absolute atomic E-state index is 0.313. The quantitative estimate of drug-likeness (QED) is 0.465. The van der Waals surface area contributed by atoms with Crippen molar-refractivity contribution in [2.45, 2.75) is 31.3 Å². The van der Waals surface area contributed by atoms with Crippen molar-refractivity contribution in [2.24, 2.45) is 0 Å². The number of esters is 1. The summed E-state index contributed by atoms with van der Waals surface area (Å²) in [4.78, 5) is 23.2. The third-order valence-corrected chi connectivity index (χ3v) is 4.86. The first kappa shape index (κ1) is 18.5. The lowest BCUT2D eigenvalue weighted by Gasteiger charge is -2.28. The van der Waals surface area contributed by atoms with E-state index in [9.17, 15) is 4.79 Å². The Morgan fingerprint density at radius 3 is 2.62 bits per heavy atom. The van der Waals surface area contributed by atoms with Gasteiger partial charge in [-0.1, -0.05) is 11.8 Å². The molecular formula is C19H24N4O2S. The lowest BCUT2D eigenvalue weighted by atomic mass is 10.1. The number of hydrogen-bond acceptors (Lipinski definition) is 7. The molecule has 2 aromatic rings. The first-order valence-electron chi connectivity index (χ1n) is 8.91. The molecule has 0 aliphatic carbocycles. The number of carbonyl (C=O) groups excluding carboxylic acids is 1. The van der Waals surface area contributed by atoms with Crippen LogP contribution in [0.25, 0.3) is 0 Å². The molecule has 0 saturated carbocycles. The van der Waals surface area contributed by atoms with Crippen LogP contribution in [0.4, 0.5) is 17.2 Å². The average Bonchev–Trinajstić information content (AvgIpc) is 2.69. The van der Waals surface area contributed by atoms with Gasteiger partial charge in [-0.3, -0.25) is 0 Å². The molecular weight excluding hydrogens is 348 g/mol. The zero-order chi connectivity index (χ0) is 18.4. The van der Waals surface area contributed by atoms with E-state index in [0.717, 1.165) is 18.8 Å². The van der Waals surface area contributed by atoms with E-state index in [0.29, 0.717) is 23.1 Å². The van der Waals surface area contributed by atoms with Crippen LogP contribution >= 0.6 is 11.8 Å². The molecule has 0 spiro atoms. The molecule has 0 atom stereocenters. The van der Waals surface area contributed by atoms with Crippen LogP contribution < -0.4 is 10.2 Å². The lowest BCUT2D eigenvalue weighted by Crippen LogP contribution is -2.29. The third-order valence-electron chi connectivity index (χ3n) is 4.30. The Bertz CT molecular complexity index is 746. The van der Waals surface area contributed by atoms with Crippen molar-refractivity contribution in [2.75, 3.05) is 36.2 Å². The molecule has 1 aliphatic rings. The van der Waals surface area contributed by atoms with Gasteiger partial charge in [0.2, 0.25) is 0 Å². The fraction of sp³-hybridized carbons (Fsp3) is 0.421. The number of thioether (sulfide) groups is 1. The highest BCUT2D eigenvalue weighted by Crippen LogP contribution is 2.25. The molecule has 0 unspecified atom stereocenters. The van der Waals surface area contributed by atoms with Crippen molar-refractivity contribution in [3.8, 4) is 0 Å². The van der Waals surface area contributed by atoms with Crippen molar-refractivity contribution < 1.29 is 9.53 Å². The molecule has 1 saturated heterocycles. The van der Waals surface area contributed by atoms with Crippen LogP contribution in [-0.4, -0.2) is 41.9 Å². The van der Waals surface area contributed by atoms with E-state index < -0.39 is 5.97 Å². The van der Waals surface area contributed by atoms with Gasteiger partial charge in [0.15, 0.2) is 5.16 Å². The van der Waals surface area contributed by atoms with Gasteiger partial charge in [0, 0.05) is 30.7 Å². The Hall–Kier alpha value is -2.28. The number of rotatable bonds is 6. The summed E-state index contributed by atoms with van der Waals surface area (Å²) in [6.07, 6.45) is 7.23. The molecule has 0 amide bonds. The maximum Gasteiger partial charge on any atom is 0.343 e. The van der Waals surface area contributed by atoms with Gasteiger partial charge in [0.1, 0.15) is 11.4 Å². The number of hydrogen-bond donors (Lipinski definition) is 1. The van der Waals surface area contributed by atoms with Gasteiger partial charge in [0.25, 0.3) is 0 Å². The van der Waals surface area contributed by atoms with Gasteiger partial charge < -0.3 is 15.0 Å². The maximum atomic E-state index is 12.2.